The largest absolute Gasteiger partial charge is 0.477 e. The van der Waals surface area contributed by atoms with Gasteiger partial charge in [-0.3, -0.25) is 24.8 Å². The Morgan fingerprint density at radius 2 is 2.16 bits per heavy atom. The molecule has 4 N–H and O–H groups in total. The van der Waals surface area contributed by atoms with Gasteiger partial charge < -0.3 is 24.9 Å². The lowest BCUT2D eigenvalue weighted by Crippen LogP contribution is -2.69. The number of ether oxygens (including phenoxy) is 1. The predicted molar refractivity (Wildman–Crippen MR) is 122 cm³/mol. The van der Waals surface area contributed by atoms with E-state index in [1.54, 1.807) is 6.92 Å². The minimum absolute atomic E-state index is 0.119. The van der Waals surface area contributed by atoms with E-state index < -0.39 is 53.5 Å². The summed E-state index contributed by atoms with van der Waals surface area (Å²) in [5, 5.41) is 18.8. The number of aromatic nitrogens is 4. The number of aliphatic carboxylic acids is 1. The van der Waals surface area contributed by atoms with Gasteiger partial charge in [-0.05, 0) is 13.0 Å². The molecule has 0 radical (unpaired) electrons. The summed E-state index contributed by atoms with van der Waals surface area (Å²) in [6, 6.07) is -0.350. The number of carbonyl (C=O) groups is 4. The second-order valence-electron chi connectivity index (χ2n) is 7.44. The molecule has 2 aromatic rings. The molecule has 2 amide bonds. The normalized spacial score (nSPS) is 19.7. The average molecular weight is 534 g/mol. The van der Waals surface area contributed by atoms with Crippen LogP contribution < -0.4 is 15.6 Å². The summed E-state index contributed by atoms with van der Waals surface area (Å²) in [5.74, 6) is -4.15. The van der Waals surface area contributed by atoms with Gasteiger partial charge >= 0.3 is 18.0 Å². The van der Waals surface area contributed by atoms with Crippen molar-refractivity contribution in [2.75, 3.05) is 24.7 Å². The quantitative estimate of drug-likeness (QED) is 0.104. The Balaban J connectivity index is 1.62. The second-order valence-corrected chi connectivity index (χ2v) is 8.59. The third-order valence-electron chi connectivity index (χ3n) is 5.21. The Bertz CT molecular complexity index is 1270. The molecule has 0 spiro atoms. The van der Waals surface area contributed by atoms with Gasteiger partial charge in [0, 0.05) is 5.75 Å². The number of amides is 2. The van der Waals surface area contributed by atoms with Gasteiger partial charge in [0.05, 0.1) is 19.0 Å². The standard InChI is InChI=1S/C20H20N8O8S/c1-2-34-11(29)9-35-25-13(14-23-20(21)36-26-14)16(30)24-15(27-6-4-22-5-7-27)12-17(31)28-10(19(32)33)3-8-37-18(12)28/h3-7,12,15,18H,2,8-9H2,1H3,(H3-,21,23,24,26,30,32,33)/p+1/t12?,15?,18-/m0/s1. The lowest BCUT2D eigenvalue weighted by molar-refractivity contribution is -0.733. The summed E-state index contributed by atoms with van der Waals surface area (Å²) in [5.41, 5.74) is 4.86. The van der Waals surface area contributed by atoms with Crippen molar-refractivity contribution >= 4 is 47.2 Å². The number of nitrogens with zero attached hydrogens (tertiary/aromatic N) is 6. The van der Waals surface area contributed by atoms with Crippen molar-refractivity contribution in [1.82, 2.24) is 25.3 Å². The van der Waals surface area contributed by atoms with E-state index in [0.29, 0.717) is 5.75 Å². The SMILES string of the molecule is CCOC(=O)CON=C(C(=O)NC(C1C(=O)N2C(C(=O)O)=CCS[C@@H]12)[n+]1ccncc1)c1noc(N)n1. The summed E-state index contributed by atoms with van der Waals surface area (Å²) in [6.07, 6.45) is 6.43. The minimum atomic E-state index is -1.22. The molecule has 1 fully saturated rings. The summed E-state index contributed by atoms with van der Waals surface area (Å²) in [4.78, 5) is 63.5. The van der Waals surface area contributed by atoms with E-state index in [-0.39, 0.29) is 24.1 Å². The number of fused-ring (bicyclic) bond motifs is 1. The van der Waals surface area contributed by atoms with Crippen molar-refractivity contribution in [3.8, 4) is 0 Å². The molecule has 0 aromatic carbocycles. The number of thioether (sulfide) groups is 1. The van der Waals surface area contributed by atoms with Gasteiger partial charge in [-0.1, -0.05) is 10.3 Å². The molecule has 194 valence electrons. The molecule has 0 saturated carbocycles. The monoisotopic (exact) mass is 533 g/mol. The molecule has 2 aliphatic rings. The van der Waals surface area contributed by atoms with Crippen molar-refractivity contribution in [3.05, 3.63) is 42.4 Å². The zero-order valence-electron chi connectivity index (χ0n) is 19.2. The lowest BCUT2D eigenvalue weighted by Gasteiger charge is -2.48. The van der Waals surface area contributed by atoms with Gasteiger partial charge in [-0.25, -0.2) is 9.59 Å². The zero-order chi connectivity index (χ0) is 26.5. The van der Waals surface area contributed by atoms with E-state index in [2.05, 4.69) is 25.6 Å². The number of carboxylic acids is 1. The first-order valence-corrected chi connectivity index (χ1v) is 11.8. The van der Waals surface area contributed by atoms with E-state index in [1.165, 1.54) is 52.1 Å². The molecule has 2 aromatic heterocycles. The van der Waals surface area contributed by atoms with Crippen LogP contribution in [0.25, 0.3) is 0 Å². The number of β-lactam (4-membered cyclic amide) rings is 1. The molecule has 37 heavy (non-hydrogen) atoms. The molecule has 2 aliphatic heterocycles. The number of carboxylic acid groups (broad SMARTS) is 1. The lowest BCUT2D eigenvalue weighted by atomic mass is 9.92. The number of hydrogen-bond donors (Lipinski definition) is 3. The molecule has 0 bridgehead atoms. The maximum absolute atomic E-state index is 13.4. The van der Waals surface area contributed by atoms with Crippen LogP contribution in [0.15, 0.2) is 46.2 Å². The molecule has 0 aliphatic carbocycles. The van der Waals surface area contributed by atoms with Gasteiger partial charge in [0.2, 0.25) is 30.2 Å². The van der Waals surface area contributed by atoms with Gasteiger partial charge in [-0.15, -0.1) is 11.8 Å². The Morgan fingerprint density at radius 3 is 2.81 bits per heavy atom. The number of carbonyl (C=O) groups excluding carboxylic acids is 3. The first kappa shape index (κ1) is 25.5. The summed E-state index contributed by atoms with van der Waals surface area (Å²) in [6.45, 7) is 1.14. The topological polar surface area (TPSA) is 216 Å². The van der Waals surface area contributed by atoms with Crippen LogP contribution in [0, 0.1) is 5.92 Å². The molecule has 2 unspecified atom stereocenters. The highest BCUT2D eigenvalue weighted by Crippen LogP contribution is 2.44. The van der Waals surface area contributed by atoms with Gasteiger partial charge in [0.15, 0.2) is 18.3 Å². The molecule has 4 rings (SSSR count). The van der Waals surface area contributed by atoms with Gasteiger partial charge in [0.1, 0.15) is 11.1 Å². The van der Waals surface area contributed by atoms with Crippen molar-refractivity contribution in [2.24, 2.45) is 11.1 Å². The highest BCUT2D eigenvalue weighted by molar-refractivity contribution is 8.00. The van der Waals surface area contributed by atoms with Crippen LogP contribution in [-0.4, -0.2) is 78.9 Å². The number of hydrogen-bond acceptors (Lipinski definition) is 13. The van der Waals surface area contributed by atoms with E-state index in [4.69, 9.17) is 19.8 Å². The van der Waals surface area contributed by atoms with Crippen LogP contribution in [0.5, 0.6) is 0 Å². The molecule has 3 atom stereocenters. The fourth-order valence-corrected chi connectivity index (χ4v) is 4.95. The maximum atomic E-state index is 13.4. The molecular weight excluding hydrogens is 512 g/mol. The number of oxime groups is 1. The molecule has 17 heteroatoms. The Labute approximate surface area is 212 Å². The fourth-order valence-electron chi connectivity index (χ4n) is 3.66. The number of anilines is 1. The van der Waals surface area contributed by atoms with Crippen LogP contribution in [0.2, 0.25) is 0 Å². The third kappa shape index (κ3) is 5.35. The summed E-state index contributed by atoms with van der Waals surface area (Å²) >= 11 is 1.35. The van der Waals surface area contributed by atoms with Gasteiger partial charge in [-0.2, -0.15) is 9.55 Å². The number of nitrogens with one attached hydrogen (secondary N) is 1. The summed E-state index contributed by atoms with van der Waals surface area (Å²) in [7, 11) is 0. The van der Waals surface area contributed by atoms with Crippen molar-refractivity contribution in [1.29, 1.82) is 0 Å². The molecule has 16 nitrogen and oxygen atoms in total. The fraction of sp³-hybridized carbons (Fsp3) is 0.350. The zero-order valence-corrected chi connectivity index (χ0v) is 20.0. The molecule has 4 heterocycles. The van der Waals surface area contributed by atoms with Crippen molar-refractivity contribution < 1.29 is 42.9 Å². The predicted octanol–water partition coefficient (Wildman–Crippen LogP) is -1.57. The first-order chi connectivity index (χ1) is 17.8. The number of nitrogen functional groups attached to an aromatic ring is 1. The Kier molecular flexibility index (Phi) is 7.61. The third-order valence-corrected chi connectivity index (χ3v) is 6.41. The van der Waals surface area contributed by atoms with Crippen LogP contribution in [0.3, 0.4) is 0 Å². The average Bonchev–Trinajstić information content (AvgIpc) is 3.31. The molecule has 1 saturated heterocycles. The Hall–Kier alpha value is -4.54. The van der Waals surface area contributed by atoms with Crippen LogP contribution in [0.4, 0.5) is 6.01 Å². The van der Waals surface area contributed by atoms with Crippen LogP contribution in [-0.2, 0) is 28.8 Å². The van der Waals surface area contributed by atoms with Crippen LogP contribution in [0.1, 0.15) is 18.9 Å². The smallest absolute Gasteiger partial charge is 0.352 e. The minimum Gasteiger partial charge on any atom is -0.477 e. The highest BCUT2D eigenvalue weighted by atomic mass is 32.2. The number of rotatable bonds is 10. The maximum Gasteiger partial charge on any atom is 0.352 e. The molecular formula is C20H21N8O8S+. The van der Waals surface area contributed by atoms with Crippen LogP contribution >= 0.6 is 11.8 Å². The van der Waals surface area contributed by atoms with E-state index >= 15 is 0 Å². The van der Waals surface area contributed by atoms with Crippen molar-refractivity contribution in [3.63, 3.8) is 0 Å². The van der Waals surface area contributed by atoms with E-state index in [0.717, 1.165) is 0 Å². The number of esters is 1. The Morgan fingerprint density at radius 1 is 1.41 bits per heavy atom. The van der Waals surface area contributed by atoms with Gasteiger partial charge in [0.25, 0.3) is 5.91 Å². The van der Waals surface area contributed by atoms with E-state index in [1.807, 2.05) is 0 Å². The summed E-state index contributed by atoms with van der Waals surface area (Å²) < 4.78 is 11.0. The van der Waals surface area contributed by atoms with E-state index in [9.17, 15) is 24.3 Å². The number of nitrogens with two attached hydrogens (primary N) is 1. The van der Waals surface area contributed by atoms with Crippen molar-refractivity contribution in [2.45, 2.75) is 18.5 Å². The highest BCUT2D eigenvalue weighted by Gasteiger charge is 2.59. The second kappa shape index (κ2) is 11.0. The first-order valence-electron chi connectivity index (χ1n) is 10.8.